The second-order valence-electron chi connectivity index (χ2n) is 4.23. The Labute approximate surface area is 112 Å². The van der Waals surface area contributed by atoms with Crippen molar-refractivity contribution in [2.24, 2.45) is 0 Å². The van der Waals surface area contributed by atoms with Gasteiger partial charge in [0.25, 0.3) is 0 Å². The summed E-state index contributed by atoms with van der Waals surface area (Å²) < 4.78 is 35.6. The average Bonchev–Trinajstić information content (AvgIpc) is 2.78. The van der Waals surface area contributed by atoms with Crippen LogP contribution >= 0.6 is 11.3 Å². The van der Waals surface area contributed by atoms with Gasteiger partial charge in [0.2, 0.25) is 0 Å². The first-order valence-electron chi connectivity index (χ1n) is 5.55. The topological polar surface area (TPSA) is 61.4 Å². The van der Waals surface area contributed by atoms with E-state index in [9.17, 15) is 23.1 Å². The summed E-state index contributed by atoms with van der Waals surface area (Å²) in [6, 6.07) is 2.74. The summed E-state index contributed by atoms with van der Waals surface area (Å²) in [4.78, 5) is 11.9. The Kier molecular flexibility index (Phi) is 5.19. The largest absolute Gasteiger partial charge is 0.390 e. The summed E-state index contributed by atoms with van der Waals surface area (Å²) >= 11 is 1.33. The zero-order valence-electron chi connectivity index (χ0n) is 10.3. The molecule has 8 heteroatoms. The number of nitrogens with one attached hydrogen (secondary N) is 2. The van der Waals surface area contributed by atoms with Crippen molar-refractivity contribution in [3.05, 3.63) is 22.4 Å². The molecule has 1 rings (SSSR count). The van der Waals surface area contributed by atoms with Crippen LogP contribution in [0.2, 0.25) is 0 Å². The molecule has 2 amide bonds. The van der Waals surface area contributed by atoms with E-state index in [2.05, 4.69) is 10.6 Å². The highest BCUT2D eigenvalue weighted by Gasteiger charge is 2.27. The summed E-state index contributed by atoms with van der Waals surface area (Å²) in [5.74, 6) is 0. The molecule has 0 aliphatic rings. The lowest BCUT2D eigenvalue weighted by molar-refractivity contribution is -0.132. The maximum Gasteiger partial charge on any atom is 0.390 e. The fourth-order valence-corrected chi connectivity index (χ4v) is 2.09. The lowest BCUT2D eigenvalue weighted by Gasteiger charge is -2.22. The number of amides is 2. The van der Waals surface area contributed by atoms with Crippen molar-refractivity contribution in [1.29, 1.82) is 0 Å². The van der Waals surface area contributed by atoms with Gasteiger partial charge in [-0.3, -0.25) is 0 Å². The average molecular weight is 296 g/mol. The van der Waals surface area contributed by atoms with Crippen molar-refractivity contribution in [1.82, 2.24) is 10.6 Å². The first kappa shape index (κ1) is 15.8. The molecule has 3 N–H and O–H groups in total. The van der Waals surface area contributed by atoms with Gasteiger partial charge in [0.05, 0.1) is 13.0 Å². The van der Waals surface area contributed by atoms with E-state index in [1.165, 1.54) is 18.3 Å². The summed E-state index contributed by atoms with van der Waals surface area (Å²) in [6.07, 6.45) is -5.38. The fourth-order valence-electron chi connectivity index (χ4n) is 1.30. The molecule has 0 saturated carbocycles. The molecule has 0 spiro atoms. The minimum Gasteiger partial charge on any atom is -0.383 e. The van der Waals surface area contributed by atoms with Crippen LogP contribution in [0.15, 0.2) is 17.5 Å². The number of hydrogen-bond donors (Lipinski definition) is 3. The van der Waals surface area contributed by atoms with Gasteiger partial charge in [-0.05, 0) is 18.4 Å². The number of carbonyl (C=O) groups is 1. The number of carbonyl (C=O) groups excluding carboxylic acids is 1. The monoisotopic (exact) mass is 296 g/mol. The molecule has 0 aliphatic heterocycles. The number of aliphatic hydroxyl groups is 1. The van der Waals surface area contributed by atoms with E-state index in [1.807, 2.05) is 0 Å². The van der Waals surface area contributed by atoms with Gasteiger partial charge < -0.3 is 15.7 Å². The number of hydrogen-bond acceptors (Lipinski definition) is 3. The van der Waals surface area contributed by atoms with Gasteiger partial charge in [-0.1, -0.05) is 6.07 Å². The first-order chi connectivity index (χ1) is 8.71. The Balaban J connectivity index is 2.30. The Bertz CT molecular complexity index is 405. The molecular formula is C11H15F3N2O2S. The lowest BCUT2D eigenvalue weighted by Crippen LogP contribution is -2.43. The van der Waals surface area contributed by atoms with E-state index in [1.54, 1.807) is 17.5 Å². The third-order valence-corrected chi connectivity index (χ3v) is 3.46. The lowest BCUT2D eigenvalue weighted by atomic mass is 10.1. The maximum atomic E-state index is 11.9. The van der Waals surface area contributed by atoms with E-state index in [4.69, 9.17) is 0 Å². The van der Waals surface area contributed by atoms with Crippen LogP contribution < -0.4 is 10.6 Å². The predicted octanol–water partition coefficient (Wildman–Crippen LogP) is 2.21. The van der Waals surface area contributed by atoms with Crippen molar-refractivity contribution in [3.8, 4) is 0 Å². The van der Waals surface area contributed by atoms with Crippen LogP contribution in [0.3, 0.4) is 0 Å². The first-order valence-corrected chi connectivity index (χ1v) is 6.43. The highest BCUT2D eigenvalue weighted by atomic mass is 32.1. The highest BCUT2D eigenvalue weighted by Crippen LogP contribution is 2.24. The van der Waals surface area contributed by atoms with Gasteiger partial charge in [-0.2, -0.15) is 13.2 Å². The quantitative estimate of drug-likeness (QED) is 0.780. The molecule has 0 aromatic carbocycles. The Hall–Kier alpha value is -1.28. The van der Waals surface area contributed by atoms with Gasteiger partial charge in [-0.25, -0.2) is 4.79 Å². The Morgan fingerprint density at radius 2 is 2.11 bits per heavy atom. The van der Waals surface area contributed by atoms with E-state index in [0.717, 1.165) is 0 Å². The molecular weight excluding hydrogens is 281 g/mol. The summed E-state index contributed by atoms with van der Waals surface area (Å²) in [6.45, 7) is 0.955. The molecule has 1 atom stereocenters. The van der Waals surface area contributed by atoms with Crippen LogP contribution in [-0.4, -0.2) is 30.4 Å². The summed E-state index contributed by atoms with van der Waals surface area (Å²) in [7, 11) is 0. The molecule has 0 radical (unpaired) electrons. The summed E-state index contributed by atoms with van der Waals surface area (Å²) in [5, 5.41) is 16.3. The minimum absolute atomic E-state index is 0.0780. The molecule has 1 aromatic heterocycles. The number of thiophene rings is 1. The Morgan fingerprint density at radius 3 is 2.63 bits per heavy atom. The minimum atomic E-state index is -4.30. The molecule has 4 nitrogen and oxygen atoms in total. The van der Waals surface area contributed by atoms with Crippen molar-refractivity contribution in [3.63, 3.8) is 0 Å². The van der Waals surface area contributed by atoms with E-state index in [-0.39, 0.29) is 6.54 Å². The number of rotatable bonds is 5. The van der Waals surface area contributed by atoms with E-state index < -0.39 is 30.8 Å². The standard InChI is InChI=1S/C11H15F3N2O2S/c1-10(18,8-3-2-6-19-8)7-16-9(17)15-5-4-11(12,13)14/h2-3,6,18H,4-5,7H2,1H3,(H2,15,16,17). The smallest absolute Gasteiger partial charge is 0.383 e. The fraction of sp³-hybridized carbons (Fsp3) is 0.545. The molecule has 1 aromatic rings. The molecule has 0 aliphatic carbocycles. The van der Waals surface area contributed by atoms with Crippen LogP contribution in [-0.2, 0) is 5.60 Å². The van der Waals surface area contributed by atoms with Gasteiger partial charge in [0.1, 0.15) is 5.60 Å². The van der Waals surface area contributed by atoms with Crippen LogP contribution in [0, 0.1) is 0 Å². The number of urea groups is 1. The van der Waals surface area contributed by atoms with Crippen LogP contribution in [0.1, 0.15) is 18.2 Å². The highest BCUT2D eigenvalue weighted by molar-refractivity contribution is 7.10. The zero-order valence-corrected chi connectivity index (χ0v) is 11.1. The van der Waals surface area contributed by atoms with Crippen molar-refractivity contribution in [2.75, 3.05) is 13.1 Å². The predicted molar refractivity (Wildman–Crippen MR) is 66.0 cm³/mol. The Morgan fingerprint density at radius 1 is 1.42 bits per heavy atom. The molecule has 0 fully saturated rings. The van der Waals surface area contributed by atoms with Gasteiger partial charge in [0.15, 0.2) is 0 Å². The number of halogens is 3. The molecule has 108 valence electrons. The van der Waals surface area contributed by atoms with Gasteiger partial charge in [-0.15, -0.1) is 11.3 Å². The third-order valence-electron chi connectivity index (χ3n) is 2.34. The van der Waals surface area contributed by atoms with Crippen LogP contribution in [0.5, 0.6) is 0 Å². The van der Waals surface area contributed by atoms with Crippen molar-refractivity contribution >= 4 is 17.4 Å². The van der Waals surface area contributed by atoms with Gasteiger partial charge >= 0.3 is 12.2 Å². The third kappa shape index (κ3) is 5.93. The van der Waals surface area contributed by atoms with E-state index >= 15 is 0 Å². The van der Waals surface area contributed by atoms with E-state index in [0.29, 0.717) is 4.88 Å². The second kappa shape index (κ2) is 6.25. The molecule has 1 unspecified atom stereocenters. The maximum absolute atomic E-state index is 11.9. The molecule has 1 heterocycles. The molecule has 0 bridgehead atoms. The zero-order chi connectivity index (χ0) is 14.5. The second-order valence-corrected chi connectivity index (χ2v) is 5.17. The number of alkyl halides is 3. The van der Waals surface area contributed by atoms with Crippen molar-refractivity contribution < 1.29 is 23.1 Å². The van der Waals surface area contributed by atoms with Gasteiger partial charge in [0, 0.05) is 11.4 Å². The SMILES string of the molecule is CC(O)(CNC(=O)NCCC(F)(F)F)c1cccs1. The normalized spacial score (nSPS) is 14.8. The van der Waals surface area contributed by atoms with Crippen LogP contribution in [0.25, 0.3) is 0 Å². The molecule has 0 saturated heterocycles. The van der Waals surface area contributed by atoms with Crippen LogP contribution in [0.4, 0.5) is 18.0 Å². The molecule has 19 heavy (non-hydrogen) atoms. The summed E-state index contributed by atoms with van der Waals surface area (Å²) in [5.41, 5.74) is -1.24. The van der Waals surface area contributed by atoms with Crippen molar-refractivity contribution in [2.45, 2.75) is 25.1 Å².